The molecule has 0 bridgehead atoms. The van der Waals surface area contributed by atoms with Crippen molar-refractivity contribution in [2.75, 3.05) is 73.8 Å². The highest BCUT2D eigenvalue weighted by molar-refractivity contribution is 6.35. The van der Waals surface area contributed by atoms with E-state index in [4.69, 9.17) is 14.2 Å². The zero-order chi connectivity index (χ0) is 22.4. The van der Waals surface area contributed by atoms with Crippen LogP contribution < -0.4 is 9.47 Å². The first-order chi connectivity index (χ1) is 15.0. The summed E-state index contributed by atoms with van der Waals surface area (Å²) >= 11 is 0. The van der Waals surface area contributed by atoms with Crippen LogP contribution in [0.2, 0.25) is 0 Å². The molecule has 3 rings (SSSR count). The Hall–Kier alpha value is -2.62. The molecule has 2 aliphatic rings. The van der Waals surface area contributed by atoms with Gasteiger partial charge in [0.25, 0.3) is 11.8 Å². The molecule has 1 aromatic rings. The zero-order valence-corrected chi connectivity index (χ0v) is 18.4. The number of hydrogen-bond donors (Lipinski definition) is 1. The quantitative estimate of drug-likeness (QED) is 0.420. The molecule has 1 aromatic carbocycles. The molecule has 2 amide bonds. The normalized spacial score (nSPS) is 17.7. The van der Waals surface area contributed by atoms with Gasteiger partial charge in [0.1, 0.15) is 5.70 Å². The van der Waals surface area contributed by atoms with Crippen LogP contribution in [0.5, 0.6) is 11.5 Å². The number of hydrogen-bond acceptors (Lipinski definition) is 8. The molecule has 0 aliphatic carbocycles. The molecule has 1 N–H and O–H groups in total. The van der Waals surface area contributed by atoms with Gasteiger partial charge in [0.05, 0.1) is 26.4 Å². The van der Waals surface area contributed by atoms with E-state index in [1.807, 2.05) is 4.90 Å². The second kappa shape index (κ2) is 10.6. The van der Waals surface area contributed by atoms with E-state index in [1.54, 1.807) is 32.4 Å². The van der Waals surface area contributed by atoms with Crippen LogP contribution in [-0.2, 0) is 14.3 Å². The average Bonchev–Trinajstić information content (AvgIpc) is 3.04. The van der Waals surface area contributed by atoms with E-state index in [1.165, 1.54) is 12.0 Å². The molecule has 0 aromatic heterocycles. The topological polar surface area (TPSA) is 91.8 Å². The first kappa shape index (κ1) is 23.1. The third-order valence-electron chi connectivity index (χ3n) is 5.65. The third-order valence-corrected chi connectivity index (χ3v) is 5.65. The van der Waals surface area contributed by atoms with Gasteiger partial charge in [-0.05, 0) is 24.1 Å². The van der Waals surface area contributed by atoms with E-state index >= 15 is 0 Å². The Morgan fingerprint density at radius 2 is 1.65 bits per heavy atom. The standard InChI is InChI=1S/C22H31N3O6/c1-29-14-4-7-25-21(27)19(16-5-6-17(30-2)18(15-16)31-3)20(22(25)28)24-10-8-23(9-11-24)12-13-26/h5-6,15,26H,4,7-14H2,1-3H3. The second-order valence-electron chi connectivity index (χ2n) is 7.45. The van der Waals surface area contributed by atoms with Crippen LogP contribution in [0.15, 0.2) is 23.9 Å². The number of aliphatic hydroxyl groups is 1. The van der Waals surface area contributed by atoms with Crippen molar-refractivity contribution in [1.29, 1.82) is 0 Å². The Kier molecular flexibility index (Phi) is 7.89. The van der Waals surface area contributed by atoms with Crippen molar-refractivity contribution in [2.24, 2.45) is 0 Å². The summed E-state index contributed by atoms with van der Waals surface area (Å²) in [6.07, 6.45) is 0.574. The average molecular weight is 434 g/mol. The number of piperazine rings is 1. The van der Waals surface area contributed by atoms with Gasteiger partial charge < -0.3 is 24.2 Å². The highest BCUT2D eigenvalue weighted by Gasteiger charge is 2.42. The molecule has 2 heterocycles. The maximum Gasteiger partial charge on any atom is 0.277 e. The second-order valence-corrected chi connectivity index (χ2v) is 7.45. The van der Waals surface area contributed by atoms with Crippen LogP contribution in [0.3, 0.4) is 0 Å². The van der Waals surface area contributed by atoms with Crippen molar-refractivity contribution in [2.45, 2.75) is 6.42 Å². The maximum absolute atomic E-state index is 13.3. The van der Waals surface area contributed by atoms with E-state index < -0.39 is 0 Å². The van der Waals surface area contributed by atoms with Gasteiger partial charge in [0.15, 0.2) is 11.5 Å². The lowest BCUT2D eigenvalue weighted by molar-refractivity contribution is -0.137. The Labute approximate surface area is 182 Å². The maximum atomic E-state index is 13.3. The van der Waals surface area contributed by atoms with E-state index in [2.05, 4.69) is 4.90 Å². The number of ether oxygens (including phenoxy) is 3. The number of imide groups is 1. The summed E-state index contributed by atoms with van der Waals surface area (Å²) in [5, 5.41) is 9.19. The number of methoxy groups -OCH3 is 3. The zero-order valence-electron chi connectivity index (χ0n) is 18.4. The van der Waals surface area contributed by atoms with Gasteiger partial charge in [-0.3, -0.25) is 19.4 Å². The summed E-state index contributed by atoms with van der Waals surface area (Å²) in [6, 6.07) is 5.26. The van der Waals surface area contributed by atoms with Crippen LogP contribution in [0.4, 0.5) is 0 Å². The van der Waals surface area contributed by atoms with Gasteiger partial charge in [-0.25, -0.2) is 0 Å². The smallest absolute Gasteiger partial charge is 0.277 e. The Morgan fingerprint density at radius 1 is 0.935 bits per heavy atom. The predicted octanol–water partition coefficient (Wildman–Crippen LogP) is 0.430. The number of β-amino-alcohol motifs (C(OH)–C–C–N with tert-alkyl or cyclic N) is 1. The minimum Gasteiger partial charge on any atom is -0.493 e. The fraction of sp³-hybridized carbons (Fsp3) is 0.545. The molecule has 0 saturated carbocycles. The van der Waals surface area contributed by atoms with Crippen molar-refractivity contribution in [3.63, 3.8) is 0 Å². The molecule has 0 radical (unpaired) electrons. The van der Waals surface area contributed by atoms with Crippen molar-refractivity contribution in [3.05, 3.63) is 29.5 Å². The highest BCUT2D eigenvalue weighted by atomic mass is 16.5. The molecule has 1 fully saturated rings. The molecule has 0 spiro atoms. The Morgan fingerprint density at radius 3 is 2.26 bits per heavy atom. The fourth-order valence-corrected chi connectivity index (χ4v) is 4.02. The molecule has 0 unspecified atom stereocenters. The predicted molar refractivity (Wildman–Crippen MR) is 115 cm³/mol. The van der Waals surface area contributed by atoms with Gasteiger partial charge in [-0.2, -0.15) is 0 Å². The summed E-state index contributed by atoms with van der Waals surface area (Å²) in [7, 11) is 4.68. The molecule has 0 atom stereocenters. The first-order valence-corrected chi connectivity index (χ1v) is 10.5. The van der Waals surface area contributed by atoms with Gasteiger partial charge >= 0.3 is 0 Å². The third kappa shape index (κ3) is 4.84. The van der Waals surface area contributed by atoms with Crippen molar-refractivity contribution in [1.82, 2.24) is 14.7 Å². The monoisotopic (exact) mass is 433 g/mol. The molecule has 1 saturated heterocycles. The number of amides is 2. The lowest BCUT2D eigenvalue weighted by Crippen LogP contribution is -2.48. The number of rotatable bonds is 10. The molecular weight excluding hydrogens is 402 g/mol. The first-order valence-electron chi connectivity index (χ1n) is 10.5. The minimum atomic E-state index is -0.305. The lowest BCUT2D eigenvalue weighted by Gasteiger charge is -2.36. The molecule has 2 aliphatic heterocycles. The van der Waals surface area contributed by atoms with Crippen LogP contribution in [0.1, 0.15) is 12.0 Å². The van der Waals surface area contributed by atoms with Gasteiger partial charge in [-0.15, -0.1) is 0 Å². The Bertz CT molecular complexity index is 833. The Balaban J connectivity index is 1.96. The van der Waals surface area contributed by atoms with Crippen LogP contribution in [0.25, 0.3) is 5.57 Å². The summed E-state index contributed by atoms with van der Waals surface area (Å²) in [5.74, 6) is 0.472. The largest absolute Gasteiger partial charge is 0.493 e. The highest BCUT2D eigenvalue weighted by Crippen LogP contribution is 2.36. The van der Waals surface area contributed by atoms with E-state index in [9.17, 15) is 14.7 Å². The summed E-state index contributed by atoms with van der Waals surface area (Å²) in [6.45, 7) is 4.13. The number of nitrogens with zero attached hydrogens (tertiary/aromatic N) is 3. The van der Waals surface area contributed by atoms with E-state index in [0.29, 0.717) is 80.6 Å². The molecular formula is C22H31N3O6. The fourth-order valence-electron chi connectivity index (χ4n) is 4.02. The van der Waals surface area contributed by atoms with Crippen LogP contribution in [0, 0.1) is 0 Å². The number of benzene rings is 1. The van der Waals surface area contributed by atoms with E-state index in [0.717, 1.165) is 0 Å². The molecule has 9 nitrogen and oxygen atoms in total. The van der Waals surface area contributed by atoms with E-state index in [-0.39, 0.29) is 18.4 Å². The summed E-state index contributed by atoms with van der Waals surface area (Å²) < 4.78 is 15.8. The minimum absolute atomic E-state index is 0.101. The number of carbonyl (C=O) groups is 2. The van der Waals surface area contributed by atoms with Gasteiger partial charge in [0.2, 0.25) is 0 Å². The number of carbonyl (C=O) groups excluding carboxylic acids is 2. The van der Waals surface area contributed by atoms with Crippen molar-refractivity contribution < 1.29 is 28.9 Å². The van der Waals surface area contributed by atoms with Crippen molar-refractivity contribution in [3.8, 4) is 11.5 Å². The van der Waals surface area contributed by atoms with Crippen LogP contribution in [-0.4, -0.2) is 105 Å². The van der Waals surface area contributed by atoms with Gasteiger partial charge in [0, 0.05) is 53.0 Å². The SMILES string of the molecule is COCCCN1C(=O)C(c2ccc(OC)c(OC)c2)=C(N2CCN(CCO)CC2)C1=O. The number of aliphatic hydroxyl groups excluding tert-OH is 1. The van der Waals surface area contributed by atoms with Crippen molar-refractivity contribution >= 4 is 17.4 Å². The van der Waals surface area contributed by atoms with Crippen LogP contribution >= 0.6 is 0 Å². The molecule has 31 heavy (non-hydrogen) atoms. The molecule has 9 heteroatoms. The molecule has 170 valence electrons. The lowest BCUT2D eigenvalue weighted by atomic mass is 10.0. The van der Waals surface area contributed by atoms with Gasteiger partial charge in [-0.1, -0.05) is 6.07 Å². The summed E-state index contributed by atoms with van der Waals surface area (Å²) in [5.41, 5.74) is 1.44. The summed E-state index contributed by atoms with van der Waals surface area (Å²) in [4.78, 5) is 32.1.